The van der Waals surface area contributed by atoms with Crippen LogP contribution >= 0.6 is 11.3 Å². The fourth-order valence-electron chi connectivity index (χ4n) is 13.9. The lowest BCUT2D eigenvalue weighted by atomic mass is 9.35. The van der Waals surface area contributed by atoms with Gasteiger partial charge in [-0.2, -0.15) is 0 Å². The summed E-state index contributed by atoms with van der Waals surface area (Å²) in [5.74, 6) is 0. The average Bonchev–Trinajstić information content (AvgIpc) is 3.99. The molecule has 0 saturated carbocycles. The highest BCUT2D eigenvalue weighted by Crippen LogP contribution is 2.58. The molecule has 3 nitrogen and oxygen atoms in total. The molecule has 0 radical (unpaired) electrons. The van der Waals surface area contributed by atoms with Crippen LogP contribution in [-0.2, 0) is 27.1 Å². The van der Waals surface area contributed by atoms with E-state index in [1.165, 1.54) is 152 Å². The van der Waals surface area contributed by atoms with Gasteiger partial charge in [0.1, 0.15) is 0 Å². The Kier molecular flexibility index (Phi) is 8.15. The van der Waals surface area contributed by atoms with Gasteiger partial charge in [0.2, 0.25) is 0 Å². The Hall–Kier alpha value is -6.04. The Labute approximate surface area is 412 Å². The predicted molar refractivity (Wildman–Crippen MR) is 300 cm³/mol. The molecule has 0 atom stereocenters. The van der Waals surface area contributed by atoms with Gasteiger partial charge in [0.05, 0.1) is 33.6 Å². The normalized spacial score (nSPS) is 18.5. The van der Waals surface area contributed by atoms with Gasteiger partial charge in [0.15, 0.2) is 0 Å². The fraction of sp³-hybridized carbons (Fsp3) is 0.312. The molecular weight excluding hydrogens is 854 g/mol. The van der Waals surface area contributed by atoms with Crippen LogP contribution in [0.25, 0.3) is 48.2 Å². The third-order valence-electron chi connectivity index (χ3n) is 17.9. The molecule has 0 amide bonds. The largest absolute Gasteiger partial charge is 0.311 e. The van der Waals surface area contributed by atoms with Crippen LogP contribution in [0.4, 0.5) is 34.1 Å². The Morgan fingerprint density at radius 2 is 1.04 bits per heavy atom. The predicted octanol–water partition coefficient (Wildman–Crippen LogP) is 16.1. The summed E-state index contributed by atoms with van der Waals surface area (Å²) in [5.41, 5.74) is 22.1. The van der Waals surface area contributed by atoms with E-state index in [4.69, 9.17) is 0 Å². The van der Waals surface area contributed by atoms with Crippen LogP contribution in [0, 0.1) is 0 Å². The molecule has 0 bridgehead atoms. The van der Waals surface area contributed by atoms with E-state index < -0.39 is 0 Å². The summed E-state index contributed by atoms with van der Waals surface area (Å²) < 4.78 is 5.41. The van der Waals surface area contributed by atoms with Gasteiger partial charge in [0, 0.05) is 53.5 Å². The second kappa shape index (κ2) is 13.4. The van der Waals surface area contributed by atoms with E-state index >= 15 is 0 Å². The number of para-hydroxylation sites is 3. The van der Waals surface area contributed by atoms with Crippen molar-refractivity contribution in [2.75, 3.05) is 9.80 Å². The first-order chi connectivity index (χ1) is 32.9. The van der Waals surface area contributed by atoms with Crippen molar-refractivity contribution in [3.05, 3.63) is 155 Å². The summed E-state index contributed by atoms with van der Waals surface area (Å²) in [6.07, 6.45) is 4.70. The molecule has 7 aromatic carbocycles. The summed E-state index contributed by atoms with van der Waals surface area (Å²) in [7, 11) is 0. The highest BCUT2D eigenvalue weighted by atomic mass is 32.1. The van der Waals surface area contributed by atoms with Crippen molar-refractivity contribution in [1.29, 1.82) is 0 Å². The number of fused-ring (bicyclic) bond motifs is 16. The molecule has 10 aromatic rings. The number of aromatic nitrogens is 1. The Morgan fingerprint density at radius 3 is 1.67 bits per heavy atom. The Morgan fingerprint density at radius 1 is 0.493 bits per heavy atom. The fourth-order valence-corrected chi connectivity index (χ4v) is 15.2. The Bertz CT molecular complexity index is 3850. The number of nitrogens with zero attached hydrogens (tertiary/aromatic N) is 3. The molecule has 2 aliphatic carbocycles. The van der Waals surface area contributed by atoms with E-state index in [1.807, 2.05) is 11.3 Å². The lowest BCUT2D eigenvalue weighted by Gasteiger charge is -2.47. The minimum atomic E-state index is -0.00546. The van der Waals surface area contributed by atoms with Crippen molar-refractivity contribution in [2.45, 2.75) is 129 Å². The molecule has 5 heterocycles. The van der Waals surface area contributed by atoms with Crippen LogP contribution in [0.15, 0.2) is 127 Å². The monoisotopic (exact) mass is 915 g/mol. The van der Waals surface area contributed by atoms with Crippen LogP contribution in [0.2, 0.25) is 0 Å². The van der Waals surface area contributed by atoms with Crippen molar-refractivity contribution in [3.8, 4) is 0 Å². The van der Waals surface area contributed by atoms with Gasteiger partial charge in [-0.3, -0.25) is 0 Å². The second-order valence-electron chi connectivity index (χ2n) is 25.0. The number of hydrogen-bond donors (Lipinski definition) is 0. The highest BCUT2D eigenvalue weighted by Gasteiger charge is 2.50. The molecule has 0 saturated heterocycles. The number of anilines is 6. The standard InChI is InChI=1S/C64H62BN3S/c1-60(2,3)37-25-28-51-42(33-37)55-59(69-51)65-47-35-45-46(64(10,11)32-31-63(45,8)9)36-50(47)66(39-26-27-43-44(34-39)62(6,7)30-29-61(43,4)5)57-52-40-21-15-17-23-48(40)68-49-24-18-16-22-41(49)53(56(52)68)58(54(57)65)67(55)38-19-13-12-14-20-38/h12-28,33-36H,29-32H2,1-11H3. The molecule has 0 N–H and O–H groups in total. The average molecular weight is 916 g/mol. The smallest absolute Gasteiger partial charge is 0.264 e. The van der Waals surface area contributed by atoms with Crippen molar-refractivity contribution >= 4 is 116 Å². The lowest BCUT2D eigenvalue weighted by Crippen LogP contribution is -2.61. The molecule has 0 fully saturated rings. The summed E-state index contributed by atoms with van der Waals surface area (Å²) >= 11 is 2.03. The summed E-state index contributed by atoms with van der Waals surface area (Å²) in [4.78, 5) is 5.51. The number of thiophene rings is 1. The molecule has 4 aliphatic rings. The second-order valence-corrected chi connectivity index (χ2v) is 26.1. The maximum absolute atomic E-state index is 2.79. The first-order valence-corrected chi connectivity index (χ1v) is 26.5. The zero-order valence-corrected chi connectivity index (χ0v) is 43.1. The van der Waals surface area contributed by atoms with E-state index in [0.717, 1.165) is 0 Å². The topological polar surface area (TPSA) is 10.9 Å². The third-order valence-corrected chi connectivity index (χ3v) is 19.2. The number of hydrogen-bond acceptors (Lipinski definition) is 3. The van der Waals surface area contributed by atoms with Crippen LogP contribution in [0.5, 0.6) is 0 Å². The summed E-state index contributed by atoms with van der Waals surface area (Å²) in [6.45, 7) is 27.0. The van der Waals surface area contributed by atoms with Gasteiger partial charge in [-0.15, -0.1) is 11.3 Å². The number of rotatable bonds is 2. The maximum Gasteiger partial charge on any atom is 0.264 e. The zero-order chi connectivity index (χ0) is 47.5. The SMILES string of the molecule is CC(C)(C)c1ccc2sc3c(c2c1)N(c1ccccc1)c1c2c(c4c5ccccc5n5c6ccccc6c1c45)N(c1ccc4c(c1)C(C)(C)CCC4(C)C)c1cc4c(cc1B32)C(C)(C)CCC4(C)C. The first-order valence-electron chi connectivity index (χ1n) is 25.6. The quantitative estimate of drug-likeness (QED) is 0.160. The Balaban J connectivity index is 1.24. The van der Waals surface area contributed by atoms with Crippen molar-refractivity contribution in [3.63, 3.8) is 0 Å². The molecule has 5 heteroatoms. The highest BCUT2D eigenvalue weighted by molar-refractivity contribution is 7.33. The lowest BCUT2D eigenvalue weighted by molar-refractivity contribution is 0.332. The van der Waals surface area contributed by atoms with Crippen LogP contribution in [0.3, 0.4) is 0 Å². The molecular formula is C64H62BN3S. The van der Waals surface area contributed by atoms with Gasteiger partial charge in [-0.05, 0) is 146 Å². The van der Waals surface area contributed by atoms with Crippen LogP contribution in [-0.4, -0.2) is 11.1 Å². The molecule has 0 spiro atoms. The van der Waals surface area contributed by atoms with Crippen molar-refractivity contribution in [2.24, 2.45) is 0 Å². The maximum atomic E-state index is 2.79. The first kappa shape index (κ1) is 41.9. The van der Waals surface area contributed by atoms with Crippen molar-refractivity contribution < 1.29 is 0 Å². The van der Waals surface area contributed by atoms with Gasteiger partial charge in [-0.25, -0.2) is 0 Å². The van der Waals surface area contributed by atoms with Crippen LogP contribution < -0.4 is 25.5 Å². The molecule has 14 rings (SSSR count). The van der Waals surface area contributed by atoms with E-state index in [-0.39, 0.29) is 33.8 Å². The number of benzene rings is 7. The van der Waals surface area contributed by atoms with Gasteiger partial charge >= 0.3 is 0 Å². The van der Waals surface area contributed by atoms with E-state index in [2.05, 4.69) is 218 Å². The third kappa shape index (κ3) is 5.46. The molecule has 69 heavy (non-hydrogen) atoms. The van der Waals surface area contributed by atoms with Crippen LogP contribution in [0.1, 0.15) is 130 Å². The van der Waals surface area contributed by atoms with E-state index in [1.54, 1.807) is 0 Å². The molecule has 0 unspecified atom stereocenters. The zero-order valence-electron chi connectivity index (χ0n) is 42.3. The molecule has 3 aromatic heterocycles. The molecule has 342 valence electrons. The summed E-state index contributed by atoms with van der Waals surface area (Å²) in [6, 6.07) is 50.3. The van der Waals surface area contributed by atoms with E-state index in [9.17, 15) is 0 Å². The van der Waals surface area contributed by atoms with Gasteiger partial charge in [0.25, 0.3) is 6.71 Å². The minimum absolute atomic E-state index is 0.00126. The van der Waals surface area contributed by atoms with E-state index in [0.29, 0.717) is 0 Å². The van der Waals surface area contributed by atoms with Gasteiger partial charge in [-0.1, -0.05) is 149 Å². The summed E-state index contributed by atoms with van der Waals surface area (Å²) in [5, 5.41) is 6.67. The van der Waals surface area contributed by atoms with Gasteiger partial charge < -0.3 is 14.2 Å². The molecule has 2 aliphatic heterocycles. The minimum Gasteiger partial charge on any atom is -0.311 e. The van der Waals surface area contributed by atoms with Crippen molar-refractivity contribution in [1.82, 2.24) is 4.40 Å².